The Labute approximate surface area is 113 Å². The van der Waals surface area contributed by atoms with E-state index in [2.05, 4.69) is 6.92 Å². The molecule has 0 N–H and O–H groups in total. The number of hydrogen-bond donors (Lipinski definition) is 0. The van der Waals surface area contributed by atoms with Crippen LogP contribution in [0.25, 0.3) is 0 Å². The Bertz CT molecular complexity index is 209. The molecule has 0 spiro atoms. The first-order chi connectivity index (χ1) is 8.54. The molecule has 0 saturated carbocycles. The van der Waals surface area contributed by atoms with Gasteiger partial charge in [-0.3, -0.25) is 4.79 Å². The number of esters is 1. The van der Waals surface area contributed by atoms with Crippen molar-refractivity contribution in [3.63, 3.8) is 0 Å². The first-order valence-corrected chi connectivity index (χ1v) is 7.71. The standard InChI is InChI=1S/C16H32O2/c1-5-7-8-9-10-11-12-13-14-16(3,4)15(17)18-6-2/h5-14H2,1-4H3. The van der Waals surface area contributed by atoms with Gasteiger partial charge in [-0.25, -0.2) is 0 Å². The average molecular weight is 256 g/mol. The summed E-state index contributed by atoms with van der Waals surface area (Å²) in [6.07, 6.45) is 11.4. The molecule has 0 aromatic rings. The summed E-state index contributed by atoms with van der Waals surface area (Å²) in [5, 5.41) is 0. The Morgan fingerprint density at radius 1 is 0.889 bits per heavy atom. The fourth-order valence-electron chi connectivity index (χ4n) is 2.13. The summed E-state index contributed by atoms with van der Waals surface area (Å²) in [4.78, 5) is 11.7. The third kappa shape index (κ3) is 8.54. The molecule has 18 heavy (non-hydrogen) atoms. The predicted octanol–water partition coefficient (Wildman–Crippen LogP) is 5.11. The van der Waals surface area contributed by atoms with E-state index in [1.807, 2.05) is 20.8 Å². The van der Waals surface area contributed by atoms with Crippen molar-refractivity contribution >= 4 is 5.97 Å². The molecule has 0 amide bonds. The second kappa shape index (κ2) is 10.4. The van der Waals surface area contributed by atoms with Gasteiger partial charge in [-0.15, -0.1) is 0 Å². The zero-order chi connectivity index (χ0) is 13.9. The summed E-state index contributed by atoms with van der Waals surface area (Å²) >= 11 is 0. The molecular formula is C16H32O2. The van der Waals surface area contributed by atoms with Gasteiger partial charge in [0.15, 0.2) is 0 Å². The van der Waals surface area contributed by atoms with Crippen molar-refractivity contribution in [2.75, 3.05) is 6.61 Å². The number of ether oxygens (including phenoxy) is 1. The first kappa shape index (κ1) is 17.5. The lowest BCUT2D eigenvalue weighted by Gasteiger charge is -2.21. The molecular weight excluding hydrogens is 224 g/mol. The van der Waals surface area contributed by atoms with Crippen LogP contribution in [0.4, 0.5) is 0 Å². The molecule has 0 aliphatic carbocycles. The predicted molar refractivity (Wildman–Crippen MR) is 77.6 cm³/mol. The van der Waals surface area contributed by atoms with Crippen LogP contribution in [0.15, 0.2) is 0 Å². The SMILES string of the molecule is CCCCCCCCCCC(C)(C)C(=O)OCC. The quantitative estimate of drug-likeness (QED) is 0.379. The van der Waals surface area contributed by atoms with Gasteiger partial charge >= 0.3 is 5.97 Å². The van der Waals surface area contributed by atoms with Gasteiger partial charge in [-0.05, 0) is 27.2 Å². The maximum Gasteiger partial charge on any atom is 0.311 e. The third-order valence-electron chi connectivity index (χ3n) is 3.48. The molecule has 0 radical (unpaired) electrons. The van der Waals surface area contributed by atoms with E-state index in [9.17, 15) is 4.79 Å². The molecule has 0 atom stereocenters. The molecule has 0 aliphatic rings. The highest BCUT2D eigenvalue weighted by molar-refractivity contribution is 5.75. The van der Waals surface area contributed by atoms with E-state index in [-0.39, 0.29) is 11.4 Å². The van der Waals surface area contributed by atoms with E-state index in [1.165, 1.54) is 44.9 Å². The van der Waals surface area contributed by atoms with E-state index in [0.29, 0.717) is 6.61 Å². The first-order valence-electron chi connectivity index (χ1n) is 7.71. The van der Waals surface area contributed by atoms with Gasteiger partial charge in [-0.2, -0.15) is 0 Å². The average Bonchev–Trinajstić information content (AvgIpc) is 2.33. The summed E-state index contributed by atoms with van der Waals surface area (Å²) in [7, 11) is 0. The zero-order valence-corrected chi connectivity index (χ0v) is 12.9. The Morgan fingerprint density at radius 2 is 1.39 bits per heavy atom. The van der Waals surface area contributed by atoms with Crippen molar-refractivity contribution in [2.45, 2.75) is 85.5 Å². The molecule has 2 nitrogen and oxygen atoms in total. The van der Waals surface area contributed by atoms with E-state index >= 15 is 0 Å². The smallest absolute Gasteiger partial charge is 0.311 e. The molecule has 0 fully saturated rings. The van der Waals surface area contributed by atoms with Gasteiger partial charge < -0.3 is 4.74 Å². The summed E-state index contributed by atoms with van der Waals surface area (Å²) in [6, 6.07) is 0. The van der Waals surface area contributed by atoms with E-state index in [0.717, 1.165) is 12.8 Å². The van der Waals surface area contributed by atoms with Crippen LogP contribution in [0.1, 0.15) is 85.5 Å². The Kier molecular flexibility index (Phi) is 10.1. The molecule has 0 unspecified atom stereocenters. The number of hydrogen-bond acceptors (Lipinski definition) is 2. The molecule has 0 bridgehead atoms. The lowest BCUT2D eigenvalue weighted by molar-refractivity contribution is -0.153. The second-order valence-corrected chi connectivity index (χ2v) is 5.83. The number of rotatable bonds is 11. The molecule has 2 heteroatoms. The van der Waals surface area contributed by atoms with Gasteiger partial charge in [0.2, 0.25) is 0 Å². The molecule has 0 saturated heterocycles. The minimum atomic E-state index is -0.307. The van der Waals surface area contributed by atoms with Crippen molar-refractivity contribution < 1.29 is 9.53 Å². The van der Waals surface area contributed by atoms with Crippen molar-refractivity contribution in [3.8, 4) is 0 Å². The van der Waals surface area contributed by atoms with Gasteiger partial charge in [-0.1, -0.05) is 58.3 Å². The second-order valence-electron chi connectivity index (χ2n) is 5.83. The van der Waals surface area contributed by atoms with Crippen LogP contribution >= 0.6 is 0 Å². The molecule has 0 heterocycles. The van der Waals surface area contributed by atoms with Crippen LogP contribution in [0.2, 0.25) is 0 Å². The monoisotopic (exact) mass is 256 g/mol. The van der Waals surface area contributed by atoms with Crippen molar-refractivity contribution in [1.29, 1.82) is 0 Å². The van der Waals surface area contributed by atoms with Crippen LogP contribution in [-0.2, 0) is 9.53 Å². The van der Waals surface area contributed by atoms with Gasteiger partial charge in [0, 0.05) is 0 Å². The molecule has 0 aromatic carbocycles. The highest BCUT2D eigenvalue weighted by atomic mass is 16.5. The van der Waals surface area contributed by atoms with Crippen LogP contribution in [-0.4, -0.2) is 12.6 Å². The molecule has 0 rings (SSSR count). The van der Waals surface area contributed by atoms with Crippen molar-refractivity contribution in [3.05, 3.63) is 0 Å². The van der Waals surface area contributed by atoms with E-state index in [1.54, 1.807) is 0 Å². The Balaban J connectivity index is 3.49. The maximum absolute atomic E-state index is 11.7. The van der Waals surface area contributed by atoms with Crippen molar-refractivity contribution in [1.82, 2.24) is 0 Å². The summed E-state index contributed by atoms with van der Waals surface area (Å²) in [5.41, 5.74) is -0.307. The van der Waals surface area contributed by atoms with Crippen LogP contribution in [0.3, 0.4) is 0 Å². The minimum Gasteiger partial charge on any atom is -0.466 e. The number of unbranched alkanes of at least 4 members (excludes halogenated alkanes) is 7. The normalized spacial score (nSPS) is 11.6. The Hall–Kier alpha value is -0.530. The van der Waals surface area contributed by atoms with Gasteiger partial charge in [0.25, 0.3) is 0 Å². The molecule has 0 aliphatic heterocycles. The minimum absolute atomic E-state index is 0.0482. The summed E-state index contributed by atoms with van der Waals surface area (Å²) < 4.78 is 5.09. The molecule has 108 valence electrons. The zero-order valence-electron chi connectivity index (χ0n) is 12.9. The third-order valence-corrected chi connectivity index (χ3v) is 3.48. The highest BCUT2D eigenvalue weighted by Gasteiger charge is 2.28. The lowest BCUT2D eigenvalue weighted by atomic mass is 9.87. The largest absolute Gasteiger partial charge is 0.466 e. The highest BCUT2D eigenvalue weighted by Crippen LogP contribution is 2.25. The summed E-state index contributed by atoms with van der Waals surface area (Å²) in [5.74, 6) is -0.0482. The van der Waals surface area contributed by atoms with Gasteiger partial charge in [0.05, 0.1) is 12.0 Å². The maximum atomic E-state index is 11.7. The van der Waals surface area contributed by atoms with E-state index < -0.39 is 0 Å². The fourth-order valence-corrected chi connectivity index (χ4v) is 2.13. The van der Waals surface area contributed by atoms with Crippen molar-refractivity contribution in [2.24, 2.45) is 5.41 Å². The lowest BCUT2D eigenvalue weighted by Crippen LogP contribution is -2.26. The summed E-state index contributed by atoms with van der Waals surface area (Å²) in [6.45, 7) is 8.58. The molecule has 0 aromatic heterocycles. The fraction of sp³-hybridized carbons (Fsp3) is 0.938. The van der Waals surface area contributed by atoms with Crippen LogP contribution < -0.4 is 0 Å². The number of carbonyl (C=O) groups is 1. The van der Waals surface area contributed by atoms with E-state index in [4.69, 9.17) is 4.74 Å². The van der Waals surface area contributed by atoms with Crippen LogP contribution in [0, 0.1) is 5.41 Å². The topological polar surface area (TPSA) is 26.3 Å². The van der Waals surface area contributed by atoms with Gasteiger partial charge in [0.1, 0.15) is 0 Å². The Morgan fingerprint density at radius 3 is 1.89 bits per heavy atom. The van der Waals surface area contributed by atoms with Crippen LogP contribution in [0.5, 0.6) is 0 Å². The number of carbonyl (C=O) groups excluding carboxylic acids is 1.